The summed E-state index contributed by atoms with van der Waals surface area (Å²) in [6.45, 7) is 6.91. The van der Waals surface area contributed by atoms with Crippen molar-refractivity contribution in [3.8, 4) is 5.75 Å². The van der Waals surface area contributed by atoms with Crippen LogP contribution in [0.25, 0.3) is 0 Å². The molecule has 5 atom stereocenters. The predicted molar refractivity (Wildman–Crippen MR) is 91.4 cm³/mol. The number of aromatic hydroxyl groups is 1. The molecule has 4 rings (SSSR count). The first-order valence-corrected chi connectivity index (χ1v) is 9.27. The first kappa shape index (κ1) is 15.2. The molecule has 23 heavy (non-hydrogen) atoms. The number of phenols is 1. The van der Waals surface area contributed by atoms with Crippen LogP contribution in [0.15, 0.2) is 18.2 Å². The molecule has 0 radical (unpaired) electrons. The SMILES string of the molecule is CC(C)C1Cc2cc(O)ccc2C2CCC3(C)C(=O)CCC3C21. The average molecular weight is 312 g/mol. The average Bonchev–Trinajstić information content (AvgIpc) is 2.81. The zero-order valence-corrected chi connectivity index (χ0v) is 14.5. The Balaban J connectivity index is 1.81. The number of rotatable bonds is 1. The molecule has 0 aliphatic heterocycles. The Kier molecular flexibility index (Phi) is 3.37. The normalized spacial score (nSPS) is 39.0. The predicted octanol–water partition coefficient (Wildman–Crippen LogP) is 4.70. The second-order valence-corrected chi connectivity index (χ2v) is 8.70. The Morgan fingerprint density at radius 1 is 1.26 bits per heavy atom. The fraction of sp³-hybridized carbons (Fsp3) is 0.667. The molecule has 1 N–H and O–H groups in total. The number of phenolic OH excluding ortho intramolecular Hbond substituents is 1. The van der Waals surface area contributed by atoms with Crippen LogP contribution in [-0.2, 0) is 11.2 Å². The van der Waals surface area contributed by atoms with Gasteiger partial charge in [-0.1, -0.05) is 26.8 Å². The zero-order valence-electron chi connectivity index (χ0n) is 14.5. The number of hydrogen-bond donors (Lipinski definition) is 1. The van der Waals surface area contributed by atoms with Gasteiger partial charge in [0.1, 0.15) is 11.5 Å². The first-order chi connectivity index (χ1) is 10.9. The standard InChI is InChI=1S/C21H28O2/c1-12(2)17-11-13-10-14(22)4-5-15(13)16-8-9-21(3)18(20(16)17)6-7-19(21)23/h4-5,10,12,16-18,20,22H,6-9,11H2,1-3H3. The van der Waals surface area contributed by atoms with Gasteiger partial charge < -0.3 is 5.11 Å². The molecule has 3 aliphatic rings. The van der Waals surface area contributed by atoms with Gasteiger partial charge in [-0.15, -0.1) is 0 Å². The lowest BCUT2D eigenvalue weighted by Crippen LogP contribution is -2.47. The highest BCUT2D eigenvalue weighted by Crippen LogP contribution is 2.61. The first-order valence-electron chi connectivity index (χ1n) is 9.27. The van der Waals surface area contributed by atoms with Crippen molar-refractivity contribution in [1.82, 2.24) is 0 Å². The summed E-state index contributed by atoms with van der Waals surface area (Å²) in [5.74, 6) is 3.93. The van der Waals surface area contributed by atoms with Crippen LogP contribution in [0.4, 0.5) is 0 Å². The Labute approximate surface area is 139 Å². The fourth-order valence-electron chi connectivity index (χ4n) is 6.13. The summed E-state index contributed by atoms with van der Waals surface area (Å²) >= 11 is 0. The molecule has 5 unspecified atom stereocenters. The van der Waals surface area contributed by atoms with Crippen molar-refractivity contribution in [3.05, 3.63) is 29.3 Å². The summed E-state index contributed by atoms with van der Waals surface area (Å²) in [6.07, 6.45) is 5.11. The molecular weight excluding hydrogens is 284 g/mol. The second-order valence-electron chi connectivity index (χ2n) is 8.70. The largest absolute Gasteiger partial charge is 0.508 e. The molecule has 2 nitrogen and oxygen atoms in total. The molecule has 2 heteroatoms. The summed E-state index contributed by atoms with van der Waals surface area (Å²) in [5.41, 5.74) is 2.73. The number of hydrogen-bond acceptors (Lipinski definition) is 2. The van der Waals surface area contributed by atoms with Crippen LogP contribution < -0.4 is 0 Å². The van der Waals surface area contributed by atoms with Crippen molar-refractivity contribution in [2.24, 2.45) is 29.1 Å². The molecule has 1 aromatic carbocycles. The van der Waals surface area contributed by atoms with Gasteiger partial charge in [0.25, 0.3) is 0 Å². The number of ketones is 1. The van der Waals surface area contributed by atoms with E-state index in [0.717, 1.165) is 32.1 Å². The number of carbonyl (C=O) groups is 1. The topological polar surface area (TPSA) is 37.3 Å². The van der Waals surface area contributed by atoms with Gasteiger partial charge in [-0.2, -0.15) is 0 Å². The van der Waals surface area contributed by atoms with E-state index in [1.165, 1.54) is 11.1 Å². The molecule has 0 bridgehead atoms. The van der Waals surface area contributed by atoms with Crippen LogP contribution in [0.3, 0.4) is 0 Å². The molecule has 0 aromatic heterocycles. The highest BCUT2D eigenvalue weighted by atomic mass is 16.3. The van der Waals surface area contributed by atoms with E-state index in [2.05, 4.69) is 26.8 Å². The monoisotopic (exact) mass is 312 g/mol. The maximum Gasteiger partial charge on any atom is 0.139 e. The molecule has 3 aliphatic carbocycles. The van der Waals surface area contributed by atoms with Gasteiger partial charge in [-0.05, 0) is 78.5 Å². The highest BCUT2D eigenvalue weighted by molar-refractivity contribution is 5.87. The number of benzene rings is 1. The maximum absolute atomic E-state index is 12.5. The van der Waals surface area contributed by atoms with Crippen LogP contribution in [0.1, 0.15) is 63.5 Å². The molecule has 2 saturated carbocycles. The summed E-state index contributed by atoms with van der Waals surface area (Å²) < 4.78 is 0. The fourth-order valence-corrected chi connectivity index (χ4v) is 6.13. The van der Waals surface area contributed by atoms with Gasteiger partial charge in [-0.25, -0.2) is 0 Å². The Hall–Kier alpha value is -1.31. The highest BCUT2D eigenvalue weighted by Gasteiger charge is 2.57. The van der Waals surface area contributed by atoms with E-state index >= 15 is 0 Å². The van der Waals surface area contributed by atoms with E-state index in [0.29, 0.717) is 41.1 Å². The summed E-state index contributed by atoms with van der Waals surface area (Å²) in [7, 11) is 0. The van der Waals surface area contributed by atoms with Gasteiger partial charge in [0.15, 0.2) is 0 Å². The van der Waals surface area contributed by atoms with Crippen molar-refractivity contribution >= 4 is 5.78 Å². The second kappa shape index (κ2) is 5.09. The smallest absolute Gasteiger partial charge is 0.139 e. The molecule has 0 amide bonds. The third-order valence-corrected chi connectivity index (χ3v) is 7.37. The van der Waals surface area contributed by atoms with E-state index in [9.17, 15) is 9.90 Å². The van der Waals surface area contributed by atoms with Gasteiger partial charge in [0, 0.05) is 11.8 Å². The third kappa shape index (κ3) is 2.10. The Morgan fingerprint density at radius 2 is 2.04 bits per heavy atom. The molecular formula is C21H28O2. The van der Waals surface area contributed by atoms with Crippen molar-refractivity contribution < 1.29 is 9.90 Å². The van der Waals surface area contributed by atoms with Crippen LogP contribution in [0.2, 0.25) is 0 Å². The molecule has 0 saturated heterocycles. The van der Waals surface area contributed by atoms with Crippen molar-refractivity contribution in [1.29, 1.82) is 0 Å². The summed E-state index contributed by atoms with van der Waals surface area (Å²) in [6, 6.07) is 5.98. The minimum atomic E-state index is -0.0667. The molecule has 1 aromatic rings. The van der Waals surface area contributed by atoms with Crippen molar-refractivity contribution in [2.75, 3.05) is 0 Å². The van der Waals surface area contributed by atoms with Gasteiger partial charge >= 0.3 is 0 Å². The lowest BCUT2D eigenvalue weighted by atomic mass is 9.51. The third-order valence-electron chi connectivity index (χ3n) is 7.37. The minimum absolute atomic E-state index is 0.0667. The van der Waals surface area contributed by atoms with Gasteiger partial charge in [0.05, 0.1) is 0 Å². The molecule has 2 fully saturated rings. The lowest BCUT2D eigenvalue weighted by molar-refractivity contribution is -0.130. The van der Waals surface area contributed by atoms with Crippen molar-refractivity contribution in [2.45, 2.75) is 58.8 Å². The van der Waals surface area contributed by atoms with Gasteiger partial charge in [0.2, 0.25) is 0 Å². The Bertz CT molecular complexity index is 647. The van der Waals surface area contributed by atoms with Crippen LogP contribution in [0.5, 0.6) is 5.75 Å². The van der Waals surface area contributed by atoms with E-state index in [-0.39, 0.29) is 5.41 Å². The van der Waals surface area contributed by atoms with Crippen molar-refractivity contribution in [3.63, 3.8) is 0 Å². The van der Waals surface area contributed by atoms with E-state index in [1.807, 2.05) is 12.1 Å². The molecule has 0 spiro atoms. The Morgan fingerprint density at radius 3 is 2.78 bits per heavy atom. The quantitative estimate of drug-likeness (QED) is 0.816. The minimum Gasteiger partial charge on any atom is -0.508 e. The number of fused-ring (bicyclic) bond motifs is 5. The zero-order chi connectivity index (χ0) is 16.4. The van der Waals surface area contributed by atoms with Crippen LogP contribution in [-0.4, -0.2) is 10.9 Å². The number of carbonyl (C=O) groups excluding carboxylic acids is 1. The van der Waals surface area contributed by atoms with Gasteiger partial charge in [-0.3, -0.25) is 4.79 Å². The number of Topliss-reactive ketones (excluding diaryl/α,β-unsaturated/α-hetero) is 1. The summed E-state index contributed by atoms with van der Waals surface area (Å²) in [4.78, 5) is 12.5. The summed E-state index contributed by atoms with van der Waals surface area (Å²) in [5, 5.41) is 9.89. The molecule has 0 heterocycles. The van der Waals surface area contributed by atoms with E-state index < -0.39 is 0 Å². The van der Waals surface area contributed by atoms with E-state index in [1.54, 1.807) is 0 Å². The molecule has 124 valence electrons. The maximum atomic E-state index is 12.5. The lowest BCUT2D eigenvalue weighted by Gasteiger charge is -2.52. The van der Waals surface area contributed by atoms with Crippen LogP contribution >= 0.6 is 0 Å². The van der Waals surface area contributed by atoms with E-state index in [4.69, 9.17) is 0 Å². The van der Waals surface area contributed by atoms with Crippen LogP contribution in [0, 0.1) is 29.1 Å².